The van der Waals surface area contributed by atoms with E-state index in [1.54, 1.807) is 19.1 Å². The summed E-state index contributed by atoms with van der Waals surface area (Å²) in [5, 5.41) is 0. The first kappa shape index (κ1) is 12.5. The molecule has 1 saturated carbocycles. The van der Waals surface area contributed by atoms with Gasteiger partial charge in [0.05, 0.1) is 4.90 Å². The number of hydrogen-bond donors (Lipinski definition) is 2. The molecule has 94 valence electrons. The Morgan fingerprint density at radius 2 is 2.12 bits per heavy atom. The Hall–Kier alpha value is -0.910. The van der Waals surface area contributed by atoms with Crippen molar-refractivity contribution in [1.29, 1.82) is 0 Å². The van der Waals surface area contributed by atoms with Crippen LogP contribution in [-0.4, -0.2) is 14.5 Å². The van der Waals surface area contributed by atoms with Gasteiger partial charge in [0, 0.05) is 12.6 Å². The molecule has 1 aliphatic rings. The summed E-state index contributed by atoms with van der Waals surface area (Å²) in [6, 6.07) is 5.32. The lowest BCUT2D eigenvalue weighted by Crippen LogP contribution is -2.27. The first-order valence-electron chi connectivity index (χ1n) is 5.76. The van der Waals surface area contributed by atoms with Gasteiger partial charge in [-0.2, -0.15) is 0 Å². The van der Waals surface area contributed by atoms with E-state index in [1.807, 2.05) is 13.0 Å². The van der Waals surface area contributed by atoms with Crippen molar-refractivity contribution in [2.45, 2.75) is 37.8 Å². The van der Waals surface area contributed by atoms with E-state index in [2.05, 4.69) is 4.72 Å². The van der Waals surface area contributed by atoms with Gasteiger partial charge in [0.25, 0.3) is 0 Å². The zero-order valence-electron chi connectivity index (χ0n) is 10.1. The summed E-state index contributed by atoms with van der Waals surface area (Å²) in [5.74, 6) is 0.447. The lowest BCUT2D eigenvalue weighted by Gasteiger charge is -2.11. The molecule has 0 spiro atoms. The predicted molar refractivity (Wildman–Crippen MR) is 67.0 cm³/mol. The smallest absolute Gasteiger partial charge is 0.241 e. The highest BCUT2D eigenvalue weighted by molar-refractivity contribution is 7.89. The van der Waals surface area contributed by atoms with Crippen molar-refractivity contribution in [3.63, 3.8) is 0 Å². The first-order chi connectivity index (χ1) is 7.95. The van der Waals surface area contributed by atoms with Crippen LogP contribution in [0, 0.1) is 12.8 Å². The van der Waals surface area contributed by atoms with E-state index in [0.29, 0.717) is 17.4 Å². The van der Waals surface area contributed by atoms with Gasteiger partial charge in [-0.1, -0.05) is 19.1 Å². The van der Waals surface area contributed by atoms with Crippen molar-refractivity contribution < 1.29 is 8.42 Å². The fourth-order valence-electron chi connectivity index (χ4n) is 1.92. The Morgan fingerprint density at radius 3 is 2.65 bits per heavy atom. The van der Waals surface area contributed by atoms with Crippen molar-refractivity contribution in [2.75, 3.05) is 0 Å². The van der Waals surface area contributed by atoms with Crippen LogP contribution in [0.3, 0.4) is 0 Å². The maximum absolute atomic E-state index is 12.2. The molecule has 0 saturated heterocycles. The van der Waals surface area contributed by atoms with Crippen LogP contribution in [0.25, 0.3) is 0 Å². The minimum Gasteiger partial charge on any atom is -0.326 e. The number of sulfonamides is 1. The summed E-state index contributed by atoms with van der Waals surface area (Å²) < 4.78 is 27.1. The third kappa shape index (κ3) is 2.51. The van der Waals surface area contributed by atoms with E-state index >= 15 is 0 Å². The maximum Gasteiger partial charge on any atom is 0.241 e. The Bertz CT molecular complexity index is 525. The quantitative estimate of drug-likeness (QED) is 0.846. The molecule has 2 unspecified atom stereocenters. The van der Waals surface area contributed by atoms with Crippen molar-refractivity contribution in [1.82, 2.24) is 4.72 Å². The Morgan fingerprint density at radius 1 is 1.47 bits per heavy atom. The standard InChI is InChI=1S/C12H18N2O2S/c1-8-6-11(8)14-17(15,16)12-5-3-4-10(7-13)9(12)2/h3-5,8,11,14H,6-7,13H2,1-2H3. The third-order valence-corrected chi connectivity index (χ3v) is 4.96. The van der Waals surface area contributed by atoms with Gasteiger partial charge in [-0.3, -0.25) is 0 Å². The van der Waals surface area contributed by atoms with Crippen molar-refractivity contribution in [2.24, 2.45) is 11.7 Å². The highest BCUT2D eigenvalue weighted by Gasteiger charge is 2.36. The molecule has 2 rings (SSSR count). The van der Waals surface area contributed by atoms with Gasteiger partial charge in [-0.15, -0.1) is 0 Å². The fourth-order valence-corrected chi connectivity index (χ4v) is 3.57. The van der Waals surface area contributed by atoms with Crippen LogP contribution in [-0.2, 0) is 16.6 Å². The van der Waals surface area contributed by atoms with Crippen molar-refractivity contribution in [3.8, 4) is 0 Å². The van der Waals surface area contributed by atoms with E-state index < -0.39 is 10.0 Å². The molecule has 0 aliphatic heterocycles. The van der Waals surface area contributed by atoms with Crippen LogP contribution >= 0.6 is 0 Å². The summed E-state index contributed by atoms with van der Waals surface area (Å²) in [5.41, 5.74) is 7.20. The van der Waals surface area contributed by atoms with E-state index in [1.165, 1.54) is 0 Å². The summed E-state index contributed by atoms with van der Waals surface area (Å²) in [6.45, 7) is 4.19. The first-order valence-corrected chi connectivity index (χ1v) is 7.25. The second-order valence-electron chi connectivity index (χ2n) is 4.69. The molecule has 1 aromatic rings. The predicted octanol–water partition coefficient (Wildman–Crippen LogP) is 1.14. The van der Waals surface area contributed by atoms with Gasteiger partial charge < -0.3 is 5.73 Å². The molecule has 0 bridgehead atoms. The number of rotatable bonds is 4. The van der Waals surface area contributed by atoms with Gasteiger partial charge in [-0.25, -0.2) is 13.1 Å². The molecule has 5 heteroatoms. The van der Waals surface area contributed by atoms with Gasteiger partial charge >= 0.3 is 0 Å². The van der Waals surface area contributed by atoms with E-state index in [0.717, 1.165) is 17.5 Å². The SMILES string of the molecule is Cc1c(CN)cccc1S(=O)(=O)NC1CC1C. The summed E-state index contributed by atoms with van der Waals surface area (Å²) in [6.07, 6.45) is 0.925. The molecule has 1 aromatic carbocycles. The van der Waals surface area contributed by atoms with Crippen LogP contribution in [0.2, 0.25) is 0 Å². The third-order valence-electron chi connectivity index (χ3n) is 3.32. The summed E-state index contributed by atoms with van der Waals surface area (Å²) in [7, 11) is -3.40. The molecular formula is C12H18N2O2S. The molecule has 17 heavy (non-hydrogen) atoms. The monoisotopic (exact) mass is 254 g/mol. The number of nitrogens with two attached hydrogens (primary N) is 1. The van der Waals surface area contributed by atoms with E-state index in [9.17, 15) is 8.42 Å². The van der Waals surface area contributed by atoms with Crippen LogP contribution in [0.4, 0.5) is 0 Å². The molecule has 0 radical (unpaired) electrons. The van der Waals surface area contributed by atoms with Crippen LogP contribution in [0.15, 0.2) is 23.1 Å². The van der Waals surface area contributed by atoms with E-state index in [-0.39, 0.29) is 6.04 Å². The summed E-state index contributed by atoms with van der Waals surface area (Å²) in [4.78, 5) is 0.347. The Balaban J connectivity index is 2.32. The number of nitrogens with one attached hydrogen (secondary N) is 1. The van der Waals surface area contributed by atoms with Gasteiger partial charge in [0.1, 0.15) is 0 Å². The molecule has 0 aromatic heterocycles. The fraction of sp³-hybridized carbons (Fsp3) is 0.500. The second kappa shape index (κ2) is 4.40. The van der Waals surface area contributed by atoms with Crippen LogP contribution in [0.1, 0.15) is 24.5 Å². The average molecular weight is 254 g/mol. The molecule has 0 heterocycles. The Kier molecular flexibility index (Phi) is 3.25. The highest BCUT2D eigenvalue weighted by Crippen LogP contribution is 2.31. The molecule has 2 atom stereocenters. The maximum atomic E-state index is 12.2. The van der Waals surface area contributed by atoms with Crippen molar-refractivity contribution >= 4 is 10.0 Å². The van der Waals surface area contributed by atoms with Gasteiger partial charge in [0.2, 0.25) is 10.0 Å². The zero-order chi connectivity index (χ0) is 12.6. The summed E-state index contributed by atoms with van der Waals surface area (Å²) >= 11 is 0. The largest absolute Gasteiger partial charge is 0.326 e. The van der Waals surface area contributed by atoms with Crippen molar-refractivity contribution in [3.05, 3.63) is 29.3 Å². The minimum absolute atomic E-state index is 0.0981. The Labute approximate surface area is 102 Å². The van der Waals surface area contributed by atoms with E-state index in [4.69, 9.17) is 5.73 Å². The second-order valence-corrected chi connectivity index (χ2v) is 6.37. The highest BCUT2D eigenvalue weighted by atomic mass is 32.2. The molecular weight excluding hydrogens is 236 g/mol. The molecule has 0 amide bonds. The van der Waals surface area contributed by atoms with Gasteiger partial charge in [-0.05, 0) is 36.5 Å². The average Bonchev–Trinajstić information content (AvgIpc) is 2.93. The zero-order valence-corrected chi connectivity index (χ0v) is 10.9. The molecule has 1 fully saturated rings. The minimum atomic E-state index is -3.40. The number of hydrogen-bond acceptors (Lipinski definition) is 3. The molecule has 1 aliphatic carbocycles. The lowest BCUT2D eigenvalue weighted by molar-refractivity contribution is 0.577. The topological polar surface area (TPSA) is 72.2 Å². The number of benzene rings is 1. The lowest BCUT2D eigenvalue weighted by atomic mass is 10.1. The van der Waals surface area contributed by atoms with Crippen LogP contribution in [0.5, 0.6) is 0 Å². The normalized spacial score (nSPS) is 23.7. The molecule has 3 N–H and O–H groups in total. The van der Waals surface area contributed by atoms with Gasteiger partial charge in [0.15, 0.2) is 0 Å². The molecule has 4 nitrogen and oxygen atoms in total. The van der Waals surface area contributed by atoms with Crippen LogP contribution < -0.4 is 10.5 Å².